The van der Waals surface area contributed by atoms with Gasteiger partial charge in [-0.25, -0.2) is 9.69 Å². The third-order valence-corrected chi connectivity index (χ3v) is 5.26. The normalized spacial score (nSPS) is 19.2. The van der Waals surface area contributed by atoms with E-state index in [1.165, 1.54) is 4.90 Å². The van der Waals surface area contributed by atoms with Gasteiger partial charge in [-0.15, -0.1) is 12.3 Å². The second-order valence-corrected chi connectivity index (χ2v) is 7.54. The molecule has 4 nitrogen and oxygen atoms in total. The molecular weight excluding hydrogens is 350 g/mol. The van der Waals surface area contributed by atoms with Crippen molar-refractivity contribution in [3.8, 4) is 12.3 Å². The van der Waals surface area contributed by atoms with Crippen LogP contribution in [0.2, 0.25) is 0 Å². The Bertz CT molecular complexity index is 844. The van der Waals surface area contributed by atoms with Crippen LogP contribution in [0.1, 0.15) is 38.3 Å². The maximum absolute atomic E-state index is 13.1. The molecule has 1 saturated heterocycles. The summed E-state index contributed by atoms with van der Waals surface area (Å²) in [4.78, 5) is 27.5. The minimum atomic E-state index is -1.07. The van der Waals surface area contributed by atoms with Gasteiger partial charge in [-0.2, -0.15) is 0 Å². The molecule has 0 radical (unpaired) electrons. The summed E-state index contributed by atoms with van der Waals surface area (Å²) < 4.78 is 6.07. The second-order valence-electron chi connectivity index (χ2n) is 7.54. The lowest BCUT2D eigenvalue weighted by Gasteiger charge is -2.38. The Morgan fingerprint density at radius 1 is 1.07 bits per heavy atom. The zero-order chi connectivity index (χ0) is 20.3. The van der Waals surface area contributed by atoms with Crippen LogP contribution in [0, 0.1) is 24.2 Å². The van der Waals surface area contributed by atoms with E-state index >= 15 is 0 Å². The van der Waals surface area contributed by atoms with Crippen molar-refractivity contribution in [3.63, 3.8) is 0 Å². The summed E-state index contributed by atoms with van der Waals surface area (Å²) in [6.45, 7) is 5.75. The van der Waals surface area contributed by atoms with E-state index in [9.17, 15) is 9.59 Å². The van der Waals surface area contributed by atoms with Crippen molar-refractivity contribution in [1.82, 2.24) is 4.90 Å². The van der Waals surface area contributed by atoms with E-state index in [4.69, 9.17) is 11.2 Å². The minimum absolute atomic E-state index is 0.0335. The van der Waals surface area contributed by atoms with Crippen LogP contribution in [-0.2, 0) is 15.1 Å². The first-order valence-electron chi connectivity index (χ1n) is 9.54. The van der Waals surface area contributed by atoms with Crippen LogP contribution < -0.4 is 0 Å². The Kier molecular flexibility index (Phi) is 5.56. The SMILES string of the molecule is C#CC[C@H](C)C(=O)N1C(=O)OC(c2ccccc2)(c2ccccc2)[C@H]1C(C)C. The largest absolute Gasteiger partial charge is 0.430 e. The summed E-state index contributed by atoms with van der Waals surface area (Å²) in [5.41, 5.74) is 0.612. The maximum Gasteiger partial charge on any atom is 0.418 e. The molecule has 0 aromatic heterocycles. The van der Waals surface area contributed by atoms with Crippen molar-refractivity contribution in [2.45, 2.75) is 38.8 Å². The van der Waals surface area contributed by atoms with Gasteiger partial charge in [0.2, 0.25) is 5.91 Å². The molecule has 2 amide bonds. The first kappa shape index (κ1) is 19.7. The number of carbonyl (C=O) groups excluding carboxylic acids is 2. The Balaban J connectivity index is 2.21. The van der Waals surface area contributed by atoms with E-state index in [1.807, 2.05) is 74.5 Å². The van der Waals surface area contributed by atoms with Crippen molar-refractivity contribution >= 4 is 12.0 Å². The Morgan fingerprint density at radius 2 is 1.57 bits per heavy atom. The molecule has 3 rings (SSSR count). The van der Waals surface area contributed by atoms with Crippen LogP contribution in [0.15, 0.2) is 60.7 Å². The Hall–Kier alpha value is -3.06. The standard InChI is InChI=1S/C24H25NO3/c1-5-12-18(4)22(26)25-21(17(2)3)24(28-23(25)27,19-13-8-6-9-14-19)20-15-10-7-11-16-20/h1,6-11,13-18,21H,12H2,2-4H3/t18-,21+/m0/s1. The van der Waals surface area contributed by atoms with Crippen LogP contribution in [0.3, 0.4) is 0 Å². The summed E-state index contributed by atoms with van der Waals surface area (Å²) in [5, 5.41) is 0. The molecule has 0 spiro atoms. The molecule has 144 valence electrons. The molecule has 2 aromatic rings. The number of ether oxygens (including phenoxy) is 1. The van der Waals surface area contributed by atoms with Gasteiger partial charge in [-0.1, -0.05) is 81.4 Å². The number of rotatable bonds is 5. The molecular formula is C24H25NO3. The van der Waals surface area contributed by atoms with E-state index in [2.05, 4.69) is 5.92 Å². The van der Waals surface area contributed by atoms with E-state index in [0.29, 0.717) is 0 Å². The Labute approximate surface area is 166 Å². The lowest BCUT2D eigenvalue weighted by molar-refractivity contribution is -0.134. The highest BCUT2D eigenvalue weighted by atomic mass is 16.6. The number of hydrogen-bond acceptors (Lipinski definition) is 3. The highest BCUT2D eigenvalue weighted by Crippen LogP contribution is 2.47. The molecule has 0 N–H and O–H groups in total. The van der Waals surface area contributed by atoms with E-state index < -0.39 is 23.7 Å². The number of carbonyl (C=O) groups is 2. The summed E-state index contributed by atoms with van der Waals surface area (Å²) in [6.07, 6.45) is 5.04. The molecule has 1 fully saturated rings. The lowest BCUT2D eigenvalue weighted by Crippen LogP contribution is -2.51. The van der Waals surface area contributed by atoms with E-state index in [1.54, 1.807) is 6.92 Å². The molecule has 1 aliphatic heterocycles. The predicted molar refractivity (Wildman–Crippen MR) is 108 cm³/mol. The molecule has 0 bridgehead atoms. The topological polar surface area (TPSA) is 46.6 Å². The molecule has 1 heterocycles. The molecule has 0 aliphatic carbocycles. The van der Waals surface area contributed by atoms with Crippen LogP contribution in [0.25, 0.3) is 0 Å². The number of amides is 2. The van der Waals surface area contributed by atoms with Gasteiger partial charge >= 0.3 is 6.09 Å². The average Bonchev–Trinajstić information content (AvgIpc) is 3.03. The van der Waals surface area contributed by atoms with Gasteiger partial charge < -0.3 is 4.74 Å². The van der Waals surface area contributed by atoms with Crippen LogP contribution in [-0.4, -0.2) is 22.9 Å². The van der Waals surface area contributed by atoms with E-state index in [0.717, 1.165) is 11.1 Å². The zero-order valence-corrected chi connectivity index (χ0v) is 16.5. The fourth-order valence-corrected chi connectivity index (χ4v) is 4.04. The highest BCUT2D eigenvalue weighted by Gasteiger charge is 2.59. The lowest BCUT2D eigenvalue weighted by atomic mass is 9.75. The first-order chi connectivity index (χ1) is 13.4. The Morgan fingerprint density at radius 3 is 2.00 bits per heavy atom. The van der Waals surface area contributed by atoms with Gasteiger partial charge in [-0.05, 0) is 5.92 Å². The smallest absolute Gasteiger partial charge is 0.418 e. The maximum atomic E-state index is 13.1. The molecule has 28 heavy (non-hydrogen) atoms. The molecule has 0 saturated carbocycles. The highest BCUT2D eigenvalue weighted by molar-refractivity contribution is 5.96. The number of benzene rings is 2. The van der Waals surface area contributed by atoms with Crippen molar-refractivity contribution < 1.29 is 14.3 Å². The summed E-state index contributed by atoms with van der Waals surface area (Å²) in [5.74, 6) is 1.73. The summed E-state index contributed by atoms with van der Waals surface area (Å²) in [6, 6.07) is 18.8. The molecule has 4 heteroatoms. The fraction of sp³-hybridized carbons (Fsp3) is 0.333. The number of terminal acetylenes is 1. The van der Waals surface area contributed by atoms with Gasteiger partial charge in [0.25, 0.3) is 0 Å². The van der Waals surface area contributed by atoms with Crippen molar-refractivity contribution in [2.75, 3.05) is 0 Å². The summed E-state index contributed by atoms with van der Waals surface area (Å²) >= 11 is 0. The number of imide groups is 1. The second kappa shape index (κ2) is 7.90. The monoisotopic (exact) mass is 375 g/mol. The number of nitrogens with zero attached hydrogens (tertiary/aromatic N) is 1. The average molecular weight is 375 g/mol. The van der Waals surface area contributed by atoms with Gasteiger partial charge in [0.1, 0.15) is 0 Å². The van der Waals surface area contributed by atoms with Gasteiger partial charge in [-0.3, -0.25) is 4.79 Å². The van der Waals surface area contributed by atoms with Crippen molar-refractivity contribution in [2.24, 2.45) is 11.8 Å². The number of hydrogen-bond donors (Lipinski definition) is 0. The molecule has 1 aliphatic rings. The van der Waals surface area contributed by atoms with Gasteiger partial charge in [0, 0.05) is 23.5 Å². The van der Waals surface area contributed by atoms with Crippen molar-refractivity contribution in [3.05, 3.63) is 71.8 Å². The summed E-state index contributed by atoms with van der Waals surface area (Å²) in [7, 11) is 0. The fourth-order valence-electron chi connectivity index (χ4n) is 4.04. The first-order valence-corrected chi connectivity index (χ1v) is 9.54. The van der Waals surface area contributed by atoms with Gasteiger partial charge in [0.05, 0.1) is 6.04 Å². The van der Waals surface area contributed by atoms with Crippen LogP contribution in [0.5, 0.6) is 0 Å². The van der Waals surface area contributed by atoms with Gasteiger partial charge in [0.15, 0.2) is 5.60 Å². The molecule has 2 atom stereocenters. The molecule has 0 unspecified atom stereocenters. The van der Waals surface area contributed by atoms with E-state index in [-0.39, 0.29) is 18.2 Å². The zero-order valence-electron chi connectivity index (χ0n) is 16.5. The minimum Gasteiger partial charge on any atom is -0.430 e. The van der Waals surface area contributed by atoms with Crippen LogP contribution >= 0.6 is 0 Å². The third-order valence-electron chi connectivity index (χ3n) is 5.26. The van der Waals surface area contributed by atoms with Crippen molar-refractivity contribution in [1.29, 1.82) is 0 Å². The molecule has 2 aromatic carbocycles. The van der Waals surface area contributed by atoms with Crippen LogP contribution in [0.4, 0.5) is 4.79 Å². The number of cyclic esters (lactones) is 1. The predicted octanol–water partition coefficient (Wildman–Crippen LogP) is 4.59. The third kappa shape index (κ3) is 3.18. The quantitative estimate of drug-likeness (QED) is 0.718.